The van der Waals surface area contributed by atoms with Crippen LogP contribution in [0.4, 0.5) is 10.1 Å². The molecule has 0 aliphatic carbocycles. The first-order chi connectivity index (χ1) is 10.7. The molecule has 3 rings (SSSR count). The maximum Gasteiger partial charge on any atom is 0.340 e. The van der Waals surface area contributed by atoms with Crippen LogP contribution in [0.3, 0.4) is 0 Å². The second-order valence-electron chi connectivity index (χ2n) is 5.43. The third-order valence-corrected chi connectivity index (χ3v) is 4.05. The highest BCUT2D eigenvalue weighted by molar-refractivity contribution is 5.90. The predicted octanol–water partition coefficient (Wildman–Crippen LogP) is 3.88. The van der Waals surface area contributed by atoms with Gasteiger partial charge in [-0.1, -0.05) is 18.2 Å². The van der Waals surface area contributed by atoms with Crippen LogP contribution in [0.5, 0.6) is 0 Å². The number of hydrogen-bond acceptors (Lipinski definition) is 3. The Labute approximate surface area is 129 Å². The average Bonchev–Trinajstić information content (AvgIpc) is 3.08. The van der Waals surface area contributed by atoms with Gasteiger partial charge in [-0.05, 0) is 48.2 Å². The lowest BCUT2D eigenvalue weighted by molar-refractivity contribution is 0.0595. The summed E-state index contributed by atoms with van der Waals surface area (Å²) in [6, 6.07) is 12.7. The van der Waals surface area contributed by atoms with Gasteiger partial charge in [0.2, 0.25) is 0 Å². The zero-order valence-corrected chi connectivity index (χ0v) is 12.5. The average molecular weight is 299 g/mol. The molecule has 1 aliphatic rings. The summed E-state index contributed by atoms with van der Waals surface area (Å²) in [7, 11) is 1.24. The molecule has 0 aromatic heterocycles. The Morgan fingerprint density at radius 1 is 1.05 bits per heavy atom. The summed E-state index contributed by atoms with van der Waals surface area (Å²) in [4.78, 5) is 13.8. The zero-order chi connectivity index (χ0) is 15.5. The van der Waals surface area contributed by atoms with Crippen LogP contribution in [0, 0.1) is 5.82 Å². The van der Waals surface area contributed by atoms with Crippen molar-refractivity contribution in [3.8, 4) is 11.1 Å². The van der Waals surface area contributed by atoms with Gasteiger partial charge in [-0.15, -0.1) is 0 Å². The summed E-state index contributed by atoms with van der Waals surface area (Å²) in [5.74, 6) is -1.22. The van der Waals surface area contributed by atoms with E-state index in [0.717, 1.165) is 24.2 Å². The van der Waals surface area contributed by atoms with Crippen LogP contribution in [0.2, 0.25) is 0 Å². The number of esters is 1. The number of rotatable bonds is 3. The molecular formula is C18H18FNO2. The number of nitrogens with zero attached hydrogens (tertiary/aromatic N) is 1. The van der Waals surface area contributed by atoms with Gasteiger partial charge in [0.15, 0.2) is 0 Å². The minimum atomic E-state index is -0.659. The fourth-order valence-corrected chi connectivity index (χ4v) is 2.81. The van der Waals surface area contributed by atoms with E-state index in [1.165, 1.54) is 37.8 Å². The molecule has 3 nitrogen and oxygen atoms in total. The standard InChI is InChI=1S/C18H18FNO2/c1-22-18(21)16-9-6-14(12-17(16)19)13-4-7-15(8-5-13)20-10-2-3-11-20/h4-9,12H,2-3,10-11H2,1H3. The van der Waals surface area contributed by atoms with Gasteiger partial charge in [0.1, 0.15) is 5.82 Å². The first-order valence-corrected chi connectivity index (χ1v) is 7.42. The largest absolute Gasteiger partial charge is 0.465 e. The monoisotopic (exact) mass is 299 g/mol. The number of halogens is 1. The Kier molecular flexibility index (Phi) is 4.09. The normalized spacial score (nSPS) is 14.2. The van der Waals surface area contributed by atoms with E-state index in [2.05, 4.69) is 21.8 Å². The molecule has 0 amide bonds. The van der Waals surface area contributed by atoms with E-state index in [0.29, 0.717) is 0 Å². The highest BCUT2D eigenvalue weighted by atomic mass is 19.1. The summed E-state index contributed by atoms with van der Waals surface area (Å²) in [6.45, 7) is 2.20. The molecule has 4 heteroatoms. The van der Waals surface area contributed by atoms with Crippen LogP contribution in [-0.2, 0) is 4.74 Å². The Balaban J connectivity index is 1.84. The van der Waals surface area contributed by atoms with Crippen molar-refractivity contribution in [3.05, 3.63) is 53.8 Å². The minimum absolute atomic E-state index is 0.0417. The molecule has 114 valence electrons. The molecular weight excluding hydrogens is 281 g/mol. The van der Waals surface area contributed by atoms with E-state index in [9.17, 15) is 9.18 Å². The van der Waals surface area contributed by atoms with Gasteiger partial charge in [0, 0.05) is 18.8 Å². The predicted molar refractivity (Wildman–Crippen MR) is 84.6 cm³/mol. The number of ether oxygens (including phenoxy) is 1. The van der Waals surface area contributed by atoms with Crippen molar-refractivity contribution in [2.24, 2.45) is 0 Å². The summed E-state index contributed by atoms with van der Waals surface area (Å²) >= 11 is 0. The van der Waals surface area contributed by atoms with Crippen molar-refractivity contribution in [1.82, 2.24) is 0 Å². The van der Waals surface area contributed by atoms with Gasteiger partial charge in [0.25, 0.3) is 0 Å². The fourth-order valence-electron chi connectivity index (χ4n) is 2.81. The SMILES string of the molecule is COC(=O)c1ccc(-c2ccc(N3CCCC3)cc2)cc1F. The maximum absolute atomic E-state index is 14.0. The smallest absolute Gasteiger partial charge is 0.340 e. The lowest BCUT2D eigenvalue weighted by Crippen LogP contribution is -2.17. The molecule has 1 heterocycles. The Bertz CT molecular complexity index is 676. The highest BCUT2D eigenvalue weighted by Gasteiger charge is 2.14. The molecule has 0 atom stereocenters. The molecule has 0 unspecified atom stereocenters. The van der Waals surface area contributed by atoms with Crippen molar-refractivity contribution in [2.75, 3.05) is 25.1 Å². The Hall–Kier alpha value is -2.36. The van der Waals surface area contributed by atoms with Crippen molar-refractivity contribution in [1.29, 1.82) is 0 Å². The van der Waals surface area contributed by atoms with Gasteiger partial charge in [-0.2, -0.15) is 0 Å². The quantitative estimate of drug-likeness (QED) is 0.806. The van der Waals surface area contributed by atoms with Crippen molar-refractivity contribution < 1.29 is 13.9 Å². The number of methoxy groups -OCH3 is 1. The third-order valence-electron chi connectivity index (χ3n) is 4.05. The molecule has 0 spiro atoms. The Morgan fingerprint density at radius 3 is 2.27 bits per heavy atom. The van der Waals surface area contributed by atoms with Crippen molar-refractivity contribution in [2.45, 2.75) is 12.8 Å². The molecule has 0 saturated carbocycles. The lowest BCUT2D eigenvalue weighted by Gasteiger charge is -2.17. The summed E-state index contributed by atoms with van der Waals surface area (Å²) < 4.78 is 18.5. The second-order valence-corrected chi connectivity index (χ2v) is 5.43. The van der Waals surface area contributed by atoms with E-state index >= 15 is 0 Å². The van der Waals surface area contributed by atoms with Gasteiger partial charge in [-0.25, -0.2) is 9.18 Å². The molecule has 2 aromatic rings. The van der Waals surface area contributed by atoms with Crippen LogP contribution >= 0.6 is 0 Å². The molecule has 1 fully saturated rings. The topological polar surface area (TPSA) is 29.5 Å². The molecule has 0 bridgehead atoms. The lowest BCUT2D eigenvalue weighted by atomic mass is 10.0. The molecule has 1 aliphatic heterocycles. The number of carbonyl (C=O) groups excluding carboxylic acids is 1. The van der Waals surface area contributed by atoms with Crippen LogP contribution in [0.1, 0.15) is 23.2 Å². The van der Waals surface area contributed by atoms with E-state index in [1.807, 2.05) is 12.1 Å². The number of anilines is 1. The van der Waals surface area contributed by atoms with Crippen LogP contribution < -0.4 is 4.90 Å². The van der Waals surface area contributed by atoms with Crippen LogP contribution in [0.25, 0.3) is 11.1 Å². The number of carbonyl (C=O) groups is 1. The minimum Gasteiger partial charge on any atom is -0.465 e. The third kappa shape index (κ3) is 2.82. The van der Waals surface area contributed by atoms with Crippen molar-refractivity contribution >= 4 is 11.7 Å². The number of hydrogen-bond donors (Lipinski definition) is 0. The second kappa shape index (κ2) is 6.18. The maximum atomic E-state index is 14.0. The number of benzene rings is 2. The van der Waals surface area contributed by atoms with Crippen LogP contribution in [0.15, 0.2) is 42.5 Å². The molecule has 22 heavy (non-hydrogen) atoms. The first kappa shape index (κ1) is 14.6. The first-order valence-electron chi connectivity index (χ1n) is 7.42. The summed E-state index contributed by atoms with van der Waals surface area (Å²) in [6.07, 6.45) is 2.48. The zero-order valence-electron chi connectivity index (χ0n) is 12.5. The van der Waals surface area contributed by atoms with Gasteiger partial charge in [-0.3, -0.25) is 0 Å². The summed E-state index contributed by atoms with van der Waals surface area (Å²) in [5, 5.41) is 0. The van der Waals surface area contributed by atoms with Gasteiger partial charge >= 0.3 is 5.97 Å². The van der Waals surface area contributed by atoms with E-state index in [4.69, 9.17) is 0 Å². The summed E-state index contributed by atoms with van der Waals surface area (Å²) in [5.41, 5.74) is 2.84. The van der Waals surface area contributed by atoms with Crippen molar-refractivity contribution in [3.63, 3.8) is 0 Å². The van der Waals surface area contributed by atoms with E-state index in [1.54, 1.807) is 6.07 Å². The van der Waals surface area contributed by atoms with E-state index in [-0.39, 0.29) is 5.56 Å². The van der Waals surface area contributed by atoms with Gasteiger partial charge in [0.05, 0.1) is 12.7 Å². The highest BCUT2D eigenvalue weighted by Crippen LogP contribution is 2.26. The van der Waals surface area contributed by atoms with Gasteiger partial charge < -0.3 is 9.64 Å². The molecule has 0 radical (unpaired) electrons. The molecule has 1 saturated heterocycles. The fraction of sp³-hybridized carbons (Fsp3) is 0.278. The van der Waals surface area contributed by atoms with E-state index < -0.39 is 11.8 Å². The molecule has 0 N–H and O–H groups in total. The van der Waals surface area contributed by atoms with Crippen LogP contribution in [-0.4, -0.2) is 26.2 Å². The molecule has 2 aromatic carbocycles. The Morgan fingerprint density at radius 2 is 1.68 bits per heavy atom.